The normalized spacial score (nSPS) is 20.2. The first-order valence-corrected chi connectivity index (χ1v) is 9.22. The van der Waals surface area contributed by atoms with Crippen molar-refractivity contribution >= 4 is 24.5 Å². The van der Waals surface area contributed by atoms with Gasteiger partial charge < -0.3 is 10.1 Å². The minimum absolute atomic E-state index is 0.0298. The number of rotatable bonds is 11. The predicted octanol–water partition coefficient (Wildman–Crippen LogP) is 2.23. The summed E-state index contributed by atoms with van der Waals surface area (Å²) in [5.74, 6) is 0.118. The van der Waals surface area contributed by atoms with Crippen molar-refractivity contribution in [2.45, 2.75) is 58.3 Å². The smallest absolute Gasteiger partial charge is 0.252 e. The molecule has 140 valence electrons. The second-order valence-corrected chi connectivity index (χ2v) is 6.62. The number of carbonyl (C=O) groups is 4. The van der Waals surface area contributed by atoms with Crippen LogP contribution in [-0.4, -0.2) is 42.5 Å². The molecule has 0 spiro atoms. The molecular weight excluding hydrogens is 320 g/mol. The van der Waals surface area contributed by atoms with E-state index in [-0.39, 0.29) is 23.7 Å². The first kappa shape index (κ1) is 21.1. The molecule has 0 aromatic carbocycles. The number of unbranched alkanes of at least 4 members (excludes halogenated alkanes) is 3. The van der Waals surface area contributed by atoms with Gasteiger partial charge in [-0.25, -0.2) is 0 Å². The van der Waals surface area contributed by atoms with Gasteiger partial charge in [-0.3, -0.25) is 19.3 Å². The molecule has 1 fully saturated rings. The maximum Gasteiger partial charge on any atom is 0.252 e. The highest BCUT2D eigenvalue weighted by atomic mass is 16.2. The number of allylic oxidation sites excluding steroid dienone is 1. The lowest BCUT2D eigenvalue weighted by Crippen LogP contribution is -2.37. The van der Waals surface area contributed by atoms with E-state index < -0.39 is 0 Å². The lowest BCUT2D eigenvalue weighted by molar-refractivity contribution is -0.136. The summed E-state index contributed by atoms with van der Waals surface area (Å²) in [6.45, 7) is 2.83. The Morgan fingerprint density at radius 3 is 2.40 bits per heavy atom. The largest absolute Gasteiger partial charge is 0.356 e. The Morgan fingerprint density at radius 2 is 1.80 bits per heavy atom. The molecule has 0 atom stereocenters. The van der Waals surface area contributed by atoms with Crippen LogP contribution in [0.25, 0.3) is 0 Å². The van der Waals surface area contributed by atoms with Crippen LogP contribution in [0.5, 0.6) is 0 Å². The number of nitrogens with one attached hydrogen (secondary N) is 1. The summed E-state index contributed by atoms with van der Waals surface area (Å²) in [6.07, 6.45) is 11.1. The van der Waals surface area contributed by atoms with Gasteiger partial charge >= 0.3 is 0 Å². The third-order valence-corrected chi connectivity index (χ3v) is 4.69. The van der Waals surface area contributed by atoms with E-state index in [0.29, 0.717) is 25.9 Å². The number of aldehydes is 1. The summed E-state index contributed by atoms with van der Waals surface area (Å²) >= 11 is 0. The van der Waals surface area contributed by atoms with Crippen molar-refractivity contribution < 1.29 is 19.2 Å². The Labute approximate surface area is 150 Å². The Hall–Kier alpha value is -1.98. The van der Waals surface area contributed by atoms with Gasteiger partial charge in [0.25, 0.3) is 5.91 Å². The number of hydrogen-bond donors (Lipinski definition) is 1. The van der Waals surface area contributed by atoms with Gasteiger partial charge in [-0.1, -0.05) is 12.5 Å². The van der Waals surface area contributed by atoms with E-state index in [9.17, 15) is 19.2 Å². The summed E-state index contributed by atoms with van der Waals surface area (Å²) in [5.41, 5.74) is 0. The summed E-state index contributed by atoms with van der Waals surface area (Å²) in [5, 5.41) is 2.97. The lowest BCUT2D eigenvalue weighted by Gasteiger charge is -2.29. The van der Waals surface area contributed by atoms with E-state index in [2.05, 4.69) is 5.32 Å². The molecule has 3 amide bonds. The standard InChI is InChI=1S/C19H30N2O4/c1-2-7-18(24)21(15-23)14-16-8-10-17(11-9-16)19(25)20-12-5-3-4-6-13-22/h2,7,13,15-17H,3-6,8-12,14H2,1H3,(H,20,25)/b7-2-. The van der Waals surface area contributed by atoms with Gasteiger partial charge in [0.15, 0.2) is 0 Å². The minimum atomic E-state index is -0.285. The number of hydrogen-bond acceptors (Lipinski definition) is 4. The van der Waals surface area contributed by atoms with E-state index in [1.807, 2.05) is 0 Å². The van der Waals surface area contributed by atoms with Crippen molar-refractivity contribution in [3.05, 3.63) is 12.2 Å². The predicted molar refractivity (Wildman–Crippen MR) is 95.6 cm³/mol. The molecule has 0 bridgehead atoms. The molecule has 1 rings (SSSR count). The highest BCUT2D eigenvalue weighted by molar-refractivity contribution is 5.94. The molecule has 1 aliphatic carbocycles. The first-order chi connectivity index (χ1) is 12.1. The summed E-state index contributed by atoms with van der Waals surface area (Å²) in [7, 11) is 0. The van der Waals surface area contributed by atoms with Gasteiger partial charge in [-0.05, 0) is 57.4 Å². The van der Waals surface area contributed by atoms with Gasteiger partial charge in [-0.15, -0.1) is 0 Å². The zero-order valence-corrected chi connectivity index (χ0v) is 15.1. The second kappa shape index (κ2) is 12.4. The van der Waals surface area contributed by atoms with Crippen molar-refractivity contribution in [2.75, 3.05) is 13.1 Å². The van der Waals surface area contributed by atoms with Crippen LogP contribution in [0.4, 0.5) is 0 Å². The Balaban J connectivity index is 2.25. The molecule has 1 aliphatic rings. The SMILES string of the molecule is C/C=C\C(=O)N(C=O)CC1CCC(C(=O)NCCCCCC=O)CC1. The fourth-order valence-corrected chi connectivity index (χ4v) is 3.19. The summed E-state index contributed by atoms with van der Waals surface area (Å²) in [6, 6.07) is 0. The molecular formula is C19H30N2O4. The zero-order chi connectivity index (χ0) is 18.5. The molecule has 1 saturated carbocycles. The number of imide groups is 1. The van der Waals surface area contributed by atoms with Crippen LogP contribution in [0, 0.1) is 11.8 Å². The van der Waals surface area contributed by atoms with Gasteiger partial charge in [0, 0.05) is 25.4 Å². The molecule has 0 radical (unpaired) electrons. The van der Waals surface area contributed by atoms with Crippen LogP contribution >= 0.6 is 0 Å². The van der Waals surface area contributed by atoms with Crippen LogP contribution in [0.3, 0.4) is 0 Å². The average Bonchev–Trinajstić information content (AvgIpc) is 2.63. The molecule has 0 aromatic rings. The van der Waals surface area contributed by atoms with E-state index in [1.165, 1.54) is 11.0 Å². The molecule has 0 aliphatic heterocycles. The monoisotopic (exact) mass is 350 g/mol. The number of amides is 3. The van der Waals surface area contributed by atoms with Crippen LogP contribution in [0.2, 0.25) is 0 Å². The van der Waals surface area contributed by atoms with Gasteiger partial charge in [0.05, 0.1) is 0 Å². The summed E-state index contributed by atoms with van der Waals surface area (Å²) < 4.78 is 0. The first-order valence-electron chi connectivity index (χ1n) is 9.22. The zero-order valence-electron chi connectivity index (χ0n) is 15.1. The second-order valence-electron chi connectivity index (χ2n) is 6.62. The lowest BCUT2D eigenvalue weighted by atomic mass is 9.81. The topological polar surface area (TPSA) is 83.6 Å². The van der Waals surface area contributed by atoms with E-state index in [0.717, 1.165) is 51.2 Å². The van der Waals surface area contributed by atoms with Crippen molar-refractivity contribution in [2.24, 2.45) is 11.8 Å². The summed E-state index contributed by atoms with van der Waals surface area (Å²) in [4.78, 5) is 46.4. The molecule has 0 unspecified atom stereocenters. The molecule has 0 saturated heterocycles. The third-order valence-electron chi connectivity index (χ3n) is 4.69. The van der Waals surface area contributed by atoms with Crippen LogP contribution in [0.1, 0.15) is 58.3 Å². The molecule has 25 heavy (non-hydrogen) atoms. The fraction of sp³-hybridized carbons (Fsp3) is 0.684. The van der Waals surface area contributed by atoms with E-state index in [1.54, 1.807) is 13.0 Å². The van der Waals surface area contributed by atoms with Crippen LogP contribution in [-0.2, 0) is 19.2 Å². The van der Waals surface area contributed by atoms with Crippen molar-refractivity contribution in [3.63, 3.8) is 0 Å². The van der Waals surface area contributed by atoms with E-state index >= 15 is 0 Å². The Morgan fingerprint density at radius 1 is 1.08 bits per heavy atom. The average molecular weight is 350 g/mol. The number of nitrogens with zero attached hydrogens (tertiary/aromatic N) is 1. The van der Waals surface area contributed by atoms with Crippen LogP contribution in [0.15, 0.2) is 12.2 Å². The molecule has 1 N–H and O–H groups in total. The van der Waals surface area contributed by atoms with Gasteiger partial charge in [0.1, 0.15) is 6.29 Å². The molecule has 6 heteroatoms. The quantitative estimate of drug-likeness (QED) is 0.352. The van der Waals surface area contributed by atoms with Crippen LogP contribution < -0.4 is 5.32 Å². The molecule has 6 nitrogen and oxygen atoms in total. The number of carbonyl (C=O) groups excluding carboxylic acids is 4. The Bertz CT molecular complexity index is 468. The molecule has 0 aromatic heterocycles. The van der Waals surface area contributed by atoms with Gasteiger partial charge in [-0.2, -0.15) is 0 Å². The highest BCUT2D eigenvalue weighted by Crippen LogP contribution is 2.29. The van der Waals surface area contributed by atoms with Gasteiger partial charge in [0.2, 0.25) is 12.3 Å². The maximum absolute atomic E-state index is 12.2. The van der Waals surface area contributed by atoms with Crippen molar-refractivity contribution in [1.82, 2.24) is 10.2 Å². The van der Waals surface area contributed by atoms with E-state index in [4.69, 9.17) is 0 Å². The Kier molecular flexibility index (Phi) is 10.4. The minimum Gasteiger partial charge on any atom is -0.356 e. The third kappa shape index (κ3) is 8.09. The van der Waals surface area contributed by atoms with Crippen molar-refractivity contribution in [3.8, 4) is 0 Å². The fourth-order valence-electron chi connectivity index (χ4n) is 3.19. The highest BCUT2D eigenvalue weighted by Gasteiger charge is 2.27. The van der Waals surface area contributed by atoms with Crippen molar-refractivity contribution in [1.29, 1.82) is 0 Å². The molecule has 0 heterocycles. The maximum atomic E-state index is 12.2.